The lowest BCUT2D eigenvalue weighted by Crippen LogP contribution is -2.38. The molecule has 0 amide bonds. The zero-order valence-electron chi connectivity index (χ0n) is 12.4. The molecule has 2 atom stereocenters. The maximum absolute atomic E-state index is 13.4. The van der Waals surface area contributed by atoms with Gasteiger partial charge in [0.1, 0.15) is 5.82 Å². The molecule has 0 radical (unpaired) electrons. The van der Waals surface area contributed by atoms with Crippen LogP contribution in [0.3, 0.4) is 0 Å². The number of rotatable bonds is 6. The SMILES string of the molecule is CCOC(C1CCCCC1)C(NC)c1cncc(F)c1. The van der Waals surface area contributed by atoms with Gasteiger partial charge in [0.25, 0.3) is 0 Å². The average molecular weight is 280 g/mol. The van der Waals surface area contributed by atoms with Crippen LogP contribution in [-0.4, -0.2) is 24.7 Å². The second kappa shape index (κ2) is 7.70. The maximum Gasteiger partial charge on any atom is 0.141 e. The Morgan fingerprint density at radius 1 is 1.35 bits per heavy atom. The Morgan fingerprint density at radius 3 is 2.70 bits per heavy atom. The van der Waals surface area contributed by atoms with E-state index in [-0.39, 0.29) is 18.0 Å². The van der Waals surface area contributed by atoms with Gasteiger partial charge in [-0.2, -0.15) is 0 Å². The largest absolute Gasteiger partial charge is 0.376 e. The maximum atomic E-state index is 13.4. The first-order valence-electron chi connectivity index (χ1n) is 7.65. The third-order valence-corrected chi connectivity index (χ3v) is 4.20. The number of nitrogens with zero attached hydrogens (tertiary/aromatic N) is 1. The molecule has 2 rings (SSSR count). The molecule has 0 aliphatic heterocycles. The van der Waals surface area contributed by atoms with Gasteiger partial charge in [-0.3, -0.25) is 4.98 Å². The molecule has 1 aromatic rings. The van der Waals surface area contributed by atoms with Crippen molar-refractivity contribution in [1.82, 2.24) is 10.3 Å². The topological polar surface area (TPSA) is 34.1 Å². The lowest BCUT2D eigenvalue weighted by atomic mass is 9.81. The molecule has 1 aromatic heterocycles. The van der Waals surface area contributed by atoms with Crippen molar-refractivity contribution in [1.29, 1.82) is 0 Å². The van der Waals surface area contributed by atoms with E-state index in [9.17, 15) is 4.39 Å². The molecular formula is C16H25FN2O. The Hall–Kier alpha value is -1.00. The number of likely N-dealkylation sites (N-methyl/N-ethyl adjacent to an activating group) is 1. The highest BCUT2D eigenvalue weighted by Gasteiger charge is 2.31. The molecule has 4 heteroatoms. The van der Waals surface area contributed by atoms with E-state index >= 15 is 0 Å². The molecule has 3 nitrogen and oxygen atoms in total. The van der Waals surface area contributed by atoms with E-state index in [4.69, 9.17) is 4.74 Å². The minimum atomic E-state index is -0.290. The molecule has 1 heterocycles. The number of hydrogen-bond acceptors (Lipinski definition) is 3. The van der Waals surface area contributed by atoms with Gasteiger partial charge in [0, 0.05) is 12.8 Å². The number of nitrogens with one attached hydrogen (secondary N) is 1. The molecule has 1 N–H and O–H groups in total. The molecule has 20 heavy (non-hydrogen) atoms. The minimum Gasteiger partial charge on any atom is -0.376 e. The first-order valence-corrected chi connectivity index (χ1v) is 7.65. The molecule has 1 fully saturated rings. The zero-order chi connectivity index (χ0) is 14.4. The van der Waals surface area contributed by atoms with Gasteiger partial charge in [0.2, 0.25) is 0 Å². The molecule has 0 saturated heterocycles. The molecular weight excluding hydrogens is 255 g/mol. The smallest absolute Gasteiger partial charge is 0.141 e. The van der Waals surface area contributed by atoms with Crippen molar-refractivity contribution >= 4 is 0 Å². The molecule has 0 spiro atoms. The van der Waals surface area contributed by atoms with E-state index in [0.29, 0.717) is 12.5 Å². The fraction of sp³-hybridized carbons (Fsp3) is 0.688. The minimum absolute atomic E-state index is 0.00116. The predicted octanol–water partition coefficient (Wildman–Crippen LogP) is 3.47. The Balaban J connectivity index is 2.19. The molecule has 2 unspecified atom stereocenters. The third kappa shape index (κ3) is 3.76. The van der Waals surface area contributed by atoms with Crippen LogP contribution in [0.15, 0.2) is 18.5 Å². The van der Waals surface area contributed by atoms with E-state index in [0.717, 1.165) is 5.56 Å². The van der Waals surface area contributed by atoms with Crippen LogP contribution in [-0.2, 0) is 4.74 Å². The van der Waals surface area contributed by atoms with E-state index in [1.807, 2.05) is 14.0 Å². The Labute approximate surface area is 120 Å². The molecule has 1 aliphatic rings. The van der Waals surface area contributed by atoms with Crippen LogP contribution in [0.4, 0.5) is 4.39 Å². The fourth-order valence-corrected chi connectivity index (χ4v) is 3.28. The van der Waals surface area contributed by atoms with Gasteiger partial charge in [0.15, 0.2) is 0 Å². The number of hydrogen-bond donors (Lipinski definition) is 1. The number of aromatic nitrogens is 1. The van der Waals surface area contributed by atoms with Crippen LogP contribution >= 0.6 is 0 Å². The Bertz CT molecular complexity index is 407. The second-order valence-corrected chi connectivity index (χ2v) is 5.52. The summed E-state index contributed by atoms with van der Waals surface area (Å²) in [5.74, 6) is 0.256. The van der Waals surface area contributed by atoms with Crippen molar-refractivity contribution < 1.29 is 9.13 Å². The molecule has 112 valence electrons. The van der Waals surface area contributed by atoms with Gasteiger partial charge in [-0.05, 0) is 44.4 Å². The Morgan fingerprint density at radius 2 is 2.10 bits per heavy atom. The van der Waals surface area contributed by atoms with Crippen molar-refractivity contribution in [2.45, 2.75) is 51.2 Å². The van der Waals surface area contributed by atoms with Crippen LogP contribution in [0.25, 0.3) is 0 Å². The molecule has 1 saturated carbocycles. The van der Waals surface area contributed by atoms with Gasteiger partial charge in [0.05, 0.1) is 18.3 Å². The summed E-state index contributed by atoms with van der Waals surface area (Å²) in [5, 5.41) is 3.30. The van der Waals surface area contributed by atoms with Gasteiger partial charge in [-0.25, -0.2) is 4.39 Å². The summed E-state index contributed by atoms with van der Waals surface area (Å²) in [5.41, 5.74) is 0.872. The molecule has 0 bridgehead atoms. The fourth-order valence-electron chi connectivity index (χ4n) is 3.28. The van der Waals surface area contributed by atoms with E-state index in [1.165, 1.54) is 38.3 Å². The molecule has 0 aromatic carbocycles. The van der Waals surface area contributed by atoms with Crippen molar-refractivity contribution in [3.8, 4) is 0 Å². The van der Waals surface area contributed by atoms with E-state index in [1.54, 1.807) is 12.3 Å². The standard InChI is InChI=1S/C16H25FN2O/c1-3-20-16(12-7-5-4-6-8-12)15(18-2)13-9-14(17)11-19-10-13/h9-12,15-16,18H,3-8H2,1-2H3. The first kappa shape index (κ1) is 15.4. The summed E-state index contributed by atoms with van der Waals surface area (Å²) < 4.78 is 19.4. The third-order valence-electron chi connectivity index (χ3n) is 4.20. The summed E-state index contributed by atoms with van der Waals surface area (Å²) in [6.07, 6.45) is 9.33. The van der Waals surface area contributed by atoms with Crippen molar-refractivity contribution in [2.75, 3.05) is 13.7 Å². The highest BCUT2D eigenvalue weighted by Crippen LogP contribution is 2.34. The number of ether oxygens (including phenoxy) is 1. The van der Waals surface area contributed by atoms with Gasteiger partial charge >= 0.3 is 0 Å². The van der Waals surface area contributed by atoms with Crippen LogP contribution < -0.4 is 5.32 Å². The van der Waals surface area contributed by atoms with Crippen molar-refractivity contribution in [2.24, 2.45) is 5.92 Å². The second-order valence-electron chi connectivity index (χ2n) is 5.52. The lowest BCUT2D eigenvalue weighted by Gasteiger charge is -2.35. The summed E-state index contributed by atoms with van der Waals surface area (Å²) in [6.45, 7) is 2.70. The van der Waals surface area contributed by atoms with Gasteiger partial charge < -0.3 is 10.1 Å². The summed E-state index contributed by atoms with van der Waals surface area (Å²) in [7, 11) is 1.91. The summed E-state index contributed by atoms with van der Waals surface area (Å²) >= 11 is 0. The van der Waals surface area contributed by atoms with Crippen molar-refractivity contribution in [3.63, 3.8) is 0 Å². The van der Waals surface area contributed by atoms with Gasteiger partial charge in [-0.1, -0.05) is 19.3 Å². The molecule has 1 aliphatic carbocycles. The lowest BCUT2D eigenvalue weighted by molar-refractivity contribution is -0.0168. The summed E-state index contributed by atoms with van der Waals surface area (Å²) in [6, 6.07) is 1.56. The van der Waals surface area contributed by atoms with Crippen molar-refractivity contribution in [3.05, 3.63) is 29.8 Å². The summed E-state index contributed by atoms with van der Waals surface area (Å²) in [4.78, 5) is 3.97. The average Bonchev–Trinajstić information content (AvgIpc) is 2.48. The monoisotopic (exact) mass is 280 g/mol. The zero-order valence-corrected chi connectivity index (χ0v) is 12.4. The number of halogens is 1. The first-order chi connectivity index (χ1) is 9.76. The van der Waals surface area contributed by atoms with Gasteiger partial charge in [-0.15, -0.1) is 0 Å². The predicted molar refractivity (Wildman–Crippen MR) is 78.0 cm³/mol. The van der Waals surface area contributed by atoms with Crippen LogP contribution in [0.5, 0.6) is 0 Å². The number of pyridine rings is 1. The van der Waals surface area contributed by atoms with Crippen LogP contribution in [0.2, 0.25) is 0 Å². The highest BCUT2D eigenvalue weighted by atomic mass is 19.1. The van der Waals surface area contributed by atoms with Crippen LogP contribution in [0.1, 0.15) is 50.6 Å². The van der Waals surface area contributed by atoms with E-state index < -0.39 is 0 Å². The normalized spacial score (nSPS) is 19.8. The Kier molecular flexibility index (Phi) is 5.92. The van der Waals surface area contributed by atoms with E-state index in [2.05, 4.69) is 10.3 Å². The quantitative estimate of drug-likeness (QED) is 0.866. The van der Waals surface area contributed by atoms with Crippen LogP contribution in [0, 0.1) is 11.7 Å². The highest BCUT2D eigenvalue weighted by molar-refractivity contribution is 5.17.